The Hall–Kier alpha value is -4.30. The number of aliphatic hydroxyl groups excluding tert-OH is 1. The SMILES string of the molecule is CCCCOc1ccc(C2C(=C(O)c3ccc(OCc4cccc(C)c4)cc3)C(=O)C(=O)N2CCN(CC)CC)cc1OC. The number of benzene rings is 3. The number of nitrogens with zero attached hydrogens (tertiary/aromatic N) is 2. The first-order valence-electron chi connectivity index (χ1n) is 15.4. The Labute approximate surface area is 260 Å². The van der Waals surface area contributed by atoms with Crippen molar-refractivity contribution < 1.29 is 28.9 Å². The summed E-state index contributed by atoms with van der Waals surface area (Å²) in [6.45, 7) is 11.8. The molecule has 3 aromatic rings. The number of methoxy groups -OCH3 is 1. The largest absolute Gasteiger partial charge is 0.507 e. The van der Waals surface area contributed by atoms with Gasteiger partial charge in [-0.05, 0) is 74.0 Å². The summed E-state index contributed by atoms with van der Waals surface area (Å²) in [5.74, 6) is 0.140. The van der Waals surface area contributed by atoms with Gasteiger partial charge in [0.15, 0.2) is 11.5 Å². The van der Waals surface area contributed by atoms with Crippen molar-refractivity contribution in [2.75, 3.05) is 39.9 Å². The van der Waals surface area contributed by atoms with Gasteiger partial charge in [0.05, 0.1) is 25.3 Å². The van der Waals surface area contributed by atoms with Crippen LogP contribution in [0.4, 0.5) is 0 Å². The molecule has 1 saturated heterocycles. The Kier molecular flexibility index (Phi) is 11.4. The second-order valence-corrected chi connectivity index (χ2v) is 10.9. The summed E-state index contributed by atoms with van der Waals surface area (Å²) in [5, 5.41) is 11.6. The number of ether oxygens (including phenoxy) is 3. The van der Waals surface area contributed by atoms with Gasteiger partial charge < -0.3 is 29.1 Å². The zero-order valence-electron chi connectivity index (χ0n) is 26.5. The normalized spacial score (nSPS) is 16.0. The molecule has 0 saturated carbocycles. The molecule has 1 unspecified atom stereocenters. The number of likely N-dealkylation sites (N-methyl/N-ethyl adjacent to an activating group) is 1. The predicted octanol–water partition coefficient (Wildman–Crippen LogP) is 6.53. The summed E-state index contributed by atoms with van der Waals surface area (Å²) in [7, 11) is 1.56. The van der Waals surface area contributed by atoms with Crippen molar-refractivity contribution in [2.24, 2.45) is 0 Å². The molecule has 234 valence electrons. The lowest BCUT2D eigenvalue weighted by Gasteiger charge is -2.28. The van der Waals surface area contributed by atoms with Crippen LogP contribution in [0, 0.1) is 6.92 Å². The van der Waals surface area contributed by atoms with E-state index in [1.807, 2.05) is 31.2 Å². The highest BCUT2D eigenvalue weighted by atomic mass is 16.5. The fourth-order valence-corrected chi connectivity index (χ4v) is 5.38. The second-order valence-electron chi connectivity index (χ2n) is 10.9. The molecule has 1 heterocycles. The molecule has 0 radical (unpaired) electrons. The standard InChI is InChI=1S/C36H44N2O6/c1-6-9-21-43-30-18-15-28(23-31(30)42-5)33-32(35(40)36(41)38(33)20-19-37(7-2)8-3)34(39)27-13-16-29(17-14-27)44-24-26-12-10-11-25(4)22-26/h10-18,22-23,33,39H,6-9,19-21,24H2,1-5H3. The Morgan fingerprint density at radius 1 is 0.932 bits per heavy atom. The highest BCUT2D eigenvalue weighted by Crippen LogP contribution is 2.42. The number of ketones is 1. The molecule has 1 N–H and O–H groups in total. The van der Waals surface area contributed by atoms with Gasteiger partial charge in [-0.3, -0.25) is 9.59 Å². The Balaban J connectivity index is 1.68. The zero-order valence-corrected chi connectivity index (χ0v) is 26.5. The van der Waals surface area contributed by atoms with Crippen LogP contribution in [0.5, 0.6) is 17.2 Å². The van der Waals surface area contributed by atoms with E-state index in [9.17, 15) is 14.7 Å². The van der Waals surface area contributed by atoms with E-state index in [-0.39, 0.29) is 11.3 Å². The van der Waals surface area contributed by atoms with E-state index >= 15 is 0 Å². The fourth-order valence-electron chi connectivity index (χ4n) is 5.38. The molecule has 3 aromatic carbocycles. The average molecular weight is 601 g/mol. The number of rotatable bonds is 15. The molecular formula is C36H44N2O6. The lowest BCUT2D eigenvalue weighted by atomic mass is 9.95. The molecule has 1 atom stereocenters. The Bertz CT molecular complexity index is 1460. The fraction of sp³-hybridized carbons (Fsp3) is 0.389. The quantitative estimate of drug-likeness (QED) is 0.0919. The van der Waals surface area contributed by atoms with E-state index in [2.05, 4.69) is 31.7 Å². The minimum atomic E-state index is -0.790. The first-order valence-corrected chi connectivity index (χ1v) is 15.4. The van der Waals surface area contributed by atoms with E-state index in [1.54, 1.807) is 48.4 Å². The van der Waals surface area contributed by atoms with Crippen LogP contribution in [0.1, 0.15) is 61.9 Å². The molecule has 44 heavy (non-hydrogen) atoms. The molecule has 1 amide bonds. The van der Waals surface area contributed by atoms with Crippen molar-refractivity contribution in [3.8, 4) is 17.2 Å². The van der Waals surface area contributed by atoms with Crippen LogP contribution in [-0.2, 0) is 16.2 Å². The van der Waals surface area contributed by atoms with Crippen molar-refractivity contribution in [3.05, 3.63) is 94.6 Å². The number of carbonyl (C=O) groups excluding carboxylic acids is 2. The second kappa shape index (κ2) is 15.4. The van der Waals surface area contributed by atoms with Gasteiger partial charge in [-0.15, -0.1) is 0 Å². The van der Waals surface area contributed by atoms with Gasteiger partial charge in [-0.25, -0.2) is 0 Å². The molecule has 4 rings (SSSR count). The van der Waals surface area contributed by atoms with Crippen molar-refractivity contribution in [3.63, 3.8) is 0 Å². The average Bonchev–Trinajstić information content (AvgIpc) is 3.29. The minimum Gasteiger partial charge on any atom is -0.507 e. The number of hydrogen-bond acceptors (Lipinski definition) is 7. The molecule has 0 spiro atoms. The van der Waals surface area contributed by atoms with Crippen LogP contribution in [-0.4, -0.2) is 66.5 Å². The van der Waals surface area contributed by atoms with Crippen LogP contribution in [0.2, 0.25) is 0 Å². The summed E-state index contributed by atoms with van der Waals surface area (Å²) in [5.41, 5.74) is 3.34. The zero-order chi connectivity index (χ0) is 31.6. The van der Waals surface area contributed by atoms with Crippen molar-refractivity contribution in [1.29, 1.82) is 0 Å². The van der Waals surface area contributed by atoms with Crippen LogP contribution < -0.4 is 14.2 Å². The lowest BCUT2D eigenvalue weighted by Crippen LogP contribution is -2.38. The number of hydrogen-bond donors (Lipinski definition) is 1. The van der Waals surface area contributed by atoms with E-state index in [1.165, 1.54) is 0 Å². The molecule has 8 heteroatoms. The number of likely N-dealkylation sites (tertiary alicyclic amines) is 1. The van der Waals surface area contributed by atoms with Gasteiger partial charge in [0, 0.05) is 18.7 Å². The molecule has 0 aromatic heterocycles. The summed E-state index contributed by atoms with van der Waals surface area (Å²) in [6.07, 6.45) is 1.91. The van der Waals surface area contributed by atoms with Gasteiger partial charge in [0.2, 0.25) is 0 Å². The highest BCUT2D eigenvalue weighted by molar-refractivity contribution is 6.46. The molecule has 1 aliphatic rings. The summed E-state index contributed by atoms with van der Waals surface area (Å²) >= 11 is 0. The van der Waals surface area contributed by atoms with E-state index < -0.39 is 17.7 Å². The van der Waals surface area contributed by atoms with E-state index in [0.717, 1.165) is 37.1 Å². The third kappa shape index (κ3) is 7.61. The molecule has 0 bridgehead atoms. The maximum atomic E-state index is 13.5. The smallest absolute Gasteiger partial charge is 0.295 e. The van der Waals surface area contributed by atoms with Crippen molar-refractivity contribution in [1.82, 2.24) is 9.80 Å². The summed E-state index contributed by atoms with van der Waals surface area (Å²) < 4.78 is 17.5. The monoisotopic (exact) mass is 600 g/mol. The van der Waals surface area contributed by atoms with E-state index in [4.69, 9.17) is 14.2 Å². The van der Waals surface area contributed by atoms with Crippen LogP contribution >= 0.6 is 0 Å². The predicted molar refractivity (Wildman–Crippen MR) is 172 cm³/mol. The third-order valence-corrected chi connectivity index (χ3v) is 7.97. The van der Waals surface area contributed by atoms with Gasteiger partial charge >= 0.3 is 0 Å². The molecule has 1 fully saturated rings. The first kappa shape index (κ1) is 32.6. The maximum absolute atomic E-state index is 13.5. The number of Topliss-reactive ketones (excluding diaryl/α,β-unsaturated/α-hetero) is 1. The van der Waals surface area contributed by atoms with E-state index in [0.29, 0.717) is 54.7 Å². The molecular weight excluding hydrogens is 556 g/mol. The topological polar surface area (TPSA) is 88.5 Å². The van der Waals surface area contributed by atoms with Crippen LogP contribution in [0.25, 0.3) is 5.76 Å². The number of aliphatic hydroxyl groups is 1. The summed E-state index contributed by atoms with van der Waals surface area (Å²) in [6, 6.07) is 19.6. The summed E-state index contributed by atoms with van der Waals surface area (Å²) in [4.78, 5) is 30.7. The van der Waals surface area contributed by atoms with Crippen molar-refractivity contribution in [2.45, 2.75) is 53.2 Å². The lowest BCUT2D eigenvalue weighted by molar-refractivity contribution is -0.140. The molecule has 8 nitrogen and oxygen atoms in total. The van der Waals surface area contributed by atoms with Gasteiger partial charge in [0.1, 0.15) is 18.1 Å². The molecule has 1 aliphatic heterocycles. The number of carbonyl (C=O) groups is 2. The van der Waals surface area contributed by atoms with Crippen molar-refractivity contribution >= 4 is 17.4 Å². The maximum Gasteiger partial charge on any atom is 0.295 e. The first-order chi connectivity index (χ1) is 21.3. The Morgan fingerprint density at radius 3 is 2.34 bits per heavy atom. The number of unbranched alkanes of at least 4 members (excludes halogenated alkanes) is 1. The third-order valence-electron chi connectivity index (χ3n) is 7.97. The van der Waals surface area contributed by atoms with Crippen LogP contribution in [0.3, 0.4) is 0 Å². The van der Waals surface area contributed by atoms with Gasteiger partial charge in [-0.1, -0.05) is 63.1 Å². The molecule has 0 aliphatic carbocycles. The van der Waals surface area contributed by atoms with Crippen LogP contribution in [0.15, 0.2) is 72.3 Å². The number of amides is 1. The number of aryl methyl sites for hydroxylation is 1. The highest BCUT2D eigenvalue weighted by Gasteiger charge is 2.46. The minimum absolute atomic E-state index is 0.0460. The van der Waals surface area contributed by atoms with Gasteiger partial charge in [-0.2, -0.15) is 0 Å². The Morgan fingerprint density at radius 2 is 1.68 bits per heavy atom. The van der Waals surface area contributed by atoms with Gasteiger partial charge in [0.25, 0.3) is 11.7 Å².